The molecule has 0 aliphatic carbocycles. The molecule has 0 fully saturated rings. The number of hydrogen-bond donors (Lipinski definition) is 2. The summed E-state index contributed by atoms with van der Waals surface area (Å²) in [6, 6.07) is 0. The van der Waals surface area contributed by atoms with Crippen molar-refractivity contribution in [3.8, 4) is 0 Å². The van der Waals surface area contributed by atoms with Crippen LogP contribution in [0, 0.1) is 6.92 Å². The summed E-state index contributed by atoms with van der Waals surface area (Å²) in [5.41, 5.74) is 6.59. The molecule has 86 valence electrons. The fraction of sp³-hybridized carbons (Fsp3) is 0.727. The van der Waals surface area contributed by atoms with Crippen molar-refractivity contribution in [1.29, 1.82) is 0 Å². The SMILES string of the molecule is Cc1cnn(CCCCC(C)(N)CO)c1. The predicted molar refractivity (Wildman–Crippen MR) is 60.5 cm³/mol. The molecule has 1 aromatic rings. The van der Waals surface area contributed by atoms with Gasteiger partial charge in [-0.2, -0.15) is 5.10 Å². The van der Waals surface area contributed by atoms with E-state index >= 15 is 0 Å². The van der Waals surface area contributed by atoms with Gasteiger partial charge in [0.05, 0.1) is 12.8 Å². The average Bonchev–Trinajstić information content (AvgIpc) is 2.59. The van der Waals surface area contributed by atoms with Gasteiger partial charge in [-0.25, -0.2) is 0 Å². The molecule has 0 saturated carbocycles. The minimum Gasteiger partial charge on any atom is -0.394 e. The third-order valence-electron chi connectivity index (χ3n) is 2.51. The van der Waals surface area contributed by atoms with Crippen molar-refractivity contribution in [2.75, 3.05) is 6.61 Å². The molecule has 0 aliphatic heterocycles. The second kappa shape index (κ2) is 5.28. The van der Waals surface area contributed by atoms with E-state index in [4.69, 9.17) is 10.8 Å². The number of hydrogen-bond acceptors (Lipinski definition) is 3. The van der Waals surface area contributed by atoms with E-state index in [0.29, 0.717) is 0 Å². The standard InChI is InChI=1S/C11H21N3O/c1-10-7-13-14(8-10)6-4-3-5-11(2,12)9-15/h7-8,15H,3-6,9,12H2,1-2H3. The molecule has 4 heteroatoms. The van der Waals surface area contributed by atoms with E-state index < -0.39 is 5.54 Å². The summed E-state index contributed by atoms with van der Waals surface area (Å²) >= 11 is 0. The highest BCUT2D eigenvalue weighted by atomic mass is 16.3. The van der Waals surface area contributed by atoms with Gasteiger partial charge in [0.2, 0.25) is 0 Å². The molecule has 15 heavy (non-hydrogen) atoms. The van der Waals surface area contributed by atoms with Crippen LogP contribution in [0.1, 0.15) is 31.7 Å². The van der Waals surface area contributed by atoms with Gasteiger partial charge in [0, 0.05) is 18.3 Å². The first kappa shape index (κ1) is 12.2. The van der Waals surface area contributed by atoms with Crippen LogP contribution < -0.4 is 5.73 Å². The van der Waals surface area contributed by atoms with Crippen LogP contribution in [0.15, 0.2) is 12.4 Å². The highest BCUT2D eigenvalue weighted by molar-refractivity contribution is 4.99. The third-order valence-corrected chi connectivity index (χ3v) is 2.51. The molecular formula is C11H21N3O. The molecule has 3 N–H and O–H groups in total. The lowest BCUT2D eigenvalue weighted by atomic mass is 9.97. The van der Waals surface area contributed by atoms with Crippen molar-refractivity contribution in [1.82, 2.24) is 9.78 Å². The van der Waals surface area contributed by atoms with Crippen LogP contribution in [-0.2, 0) is 6.54 Å². The van der Waals surface area contributed by atoms with Crippen LogP contribution in [0.3, 0.4) is 0 Å². The Balaban J connectivity index is 2.17. The lowest BCUT2D eigenvalue weighted by Gasteiger charge is -2.21. The first-order valence-electron chi connectivity index (χ1n) is 5.42. The maximum atomic E-state index is 8.97. The van der Waals surface area contributed by atoms with Crippen LogP contribution in [0.5, 0.6) is 0 Å². The minimum absolute atomic E-state index is 0.0495. The summed E-state index contributed by atoms with van der Waals surface area (Å²) in [7, 11) is 0. The number of nitrogens with two attached hydrogens (primary N) is 1. The summed E-state index contributed by atoms with van der Waals surface area (Å²) in [6.07, 6.45) is 6.82. The third kappa shape index (κ3) is 4.44. The summed E-state index contributed by atoms with van der Waals surface area (Å²) in [5, 5.41) is 13.2. The topological polar surface area (TPSA) is 64.1 Å². The van der Waals surface area contributed by atoms with Crippen molar-refractivity contribution in [3.05, 3.63) is 18.0 Å². The molecule has 0 spiro atoms. The van der Waals surface area contributed by atoms with E-state index in [0.717, 1.165) is 25.8 Å². The van der Waals surface area contributed by atoms with Crippen molar-refractivity contribution in [2.24, 2.45) is 5.73 Å². The second-order valence-corrected chi connectivity index (χ2v) is 4.55. The summed E-state index contributed by atoms with van der Waals surface area (Å²) < 4.78 is 1.95. The van der Waals surface area contributed by atoms with Gasteiger partial charge in [0.15, 0.2) is 0 Å². The van der Waals surface area contributed by atoms with E-state index in [1.807, 2.05) is 30.9 Å². The molecule has 1 aromatic heterocycles. The summed E-state index contributed by atoms with van der Waals surface area (Å²) in [6.45, 7) is 4.89. The molecule has 1 rings (SSSR count). The highest BCUT2D eigenvalue weighted by Gasteiger charge is 2.15. The Bertz CT molecular complexity index is 294. The molecule has 0 bridgehead atoms. The smallest absolute Gasteiger partial charge is 0.0608 e. The average molecular weight is 211 g/mol. The fourth-order valence-corrected chi connectivity index (χ4v) is 1.47. The van der Waals surface area contributed by atoms with Gasteiger partial charge < -0.3 is 10.8 Å². The second-order valence-electron chi connectivity index (χ2n) is 4.55. The minimum atomic E-state index is -0.431. The number of aromatic nitrogens is 2. The van der Waals surface area contributed by atoms with Gasteiger partial charge in [-0.05, 0) is 38.7 Å². The number of aliphatic hydroxyl groups is 1. The molecule has 1 unspecified atom stereocenters. The zero-order valence-electron chi connectivity index (χ0n) is 9.61. The molecule has 0 radical (unpaired) electrons. The molecule has 0 aromatic carbocycles. The Hall–Kier alpha value is -0.870. The van der Waals surface area contributed by atoms with E-state index in [9.17, 15) is 0 Å². The Morgan fingerprint density at radius 3 is 2.80 bits per heavy atom. The maximum absolute atomic E-state index is 8.97. The van der Waals surface area contributed by atoms with Gasteiger partial charge in [0.1, 0.15) is 0 Å². The molecule has 0 saturated heterocycles. The number of aryl methyl sites for hydroxylation is 2. The van der Waals surface area contributed by atoms with Crippen molar-refractivity contribution >= 4 is 0 Å². The Morgan fingerprint density at radius 1 is 1.53 bits per heavy atom. The summed E-state index contributed by atoms with van der Waals surface area (Å²) in [5.74, 6) is 0. The number of aliphatic hydroxyl groups excluding tert-OH is 1. The molecular weight excluding hydrogens is 190 g/mol. The van der Waals surface area contributed by atoms with Crippen LogP contribution in [-0.4, -0.2) is 27.0 Å². The molecule has 0 aliphatic rings. The Kier molecular flexibility index (Phi) is 4.29. The first-order chi connectivity index (χ1) is 7.03. The monoisotopic (exact) mass is 211 g/mol. The van der Waals surface area contributed by atoms with Crippen LogP contribution >= 0.6 is 0 Å². The first-order valence-corrected chi connectivity index (χ1v) is 5.42. The van der Waals surface area contributed by atoms with Gasteiger partial charge in [-0.3, -0.25) is 4.68 Å². The zero-order valence-corrected chi connectivity index (χ0v) is 9.61. The van der Waals surface area contributed by atoms with Crippen molar-refractivity contribution in [3.63, 3.8) is 0 Å². The molecule has 4 nitrogen and oxygen atoms in total. The molecule has 1 heterocycles. The predicted octanol–water partition coefficient (Wildman–Crippen LogP) is 1.07. The van der Waals surface area contributed by atoms with E-state index in [1.54, 1.807) is 0 Å². The fourth-order valence-electron chi connectivity index (χ4n) is 1.47. The van der Waals surface area contributed by atoms with Crippen LogP contribution in [0.25, 0.3) is 0 Å². The quantitative estimate of drug-likeness (QED) is 0.692. The Labute approximate surface area is 91.1 Å². The molecule has 1 atom stereocenters. The van der Waals surface area contributed by atoms with Gasteiger partial charge >= 0.3 is 0 Å². The van der Waals surface area contributed by atoms with E-state index in [-0.39, 0.29) is 6.61 Å². The van der Waals surface area contributed by atoms with E-state index in [2.05, 4.69) is 5.10 Å². The van der Waals surface area contributed by atoms with Gasteiger partial charge in [0.25, 0.3) is 0 Å². The van der Waals surface area contributed by atoms with Crippen molar-refractivity contribution < 1.29 is 5.11 Å². The number of rotatable bonds is 6. The largest absolute Gasteiger partial charge is 0.394 e. The Morgan fingerprint density at radius 2 is 2.27 bits per heavy atom. The van der Waals surface area contributed by atoms with Gasteiger partial charge in [-0.1, -0.05) is 0 Å². The van der Waals surface area contributed by atoms with Crippen LogP contribution in [0.4, 0.5) is 0 Å². The summed E-state index contributed by atoms with van der Waals surface area (Å²) in [4.78, 5) is 0. The van der Waals surface area contributed by atoms with Crippen LogP contribution in [0.2, 0.25) is 0 Å². The normalized spacial score (nSPS) is 15.2. The number of nitrogens with zero attached hydrogens (tertiary/aromatic N) is 2. The zero-order chi connectivity index (χ0) is 11.3. The number of unbranched alkanes of at least 4 members (excludes halogenated alkanes) is 1. The lowest BCUT2D eigenvalue weighted by molar-refractivity contribution is 0.197. The molecule has 0 amide bonds. The highest BCUT2D eigenvalue weighted by Crippen LogP contribution is 2.10. The van der Waals surface area contributed by atoms with Gasteiger partial charge in [-0.15, -0.1) is 0 Å². The maximum Gasteiger partial charge on any atom is 0.0608 e. The van der Waals surface area contributed by atoms with Crippen molar-refractivity contribution in [2.45, 2.75) is 45.2 Å². The van der Waals surface area contributed by atoms with E-state index in [1.165, 1.54) is 5.56 Å². The lowest BCUT2D eigenvalue weighted by Crippen LogP contribution is -2.39.